The molecule has 1 aliphatic rings. The van der Waals surface area contributed by atoms with Crippen molar-refractivity contribution in [2.45, 2.75) is 12.5 Å². The third-order valence-electron chi connectivity index (χ3n) is 7.79. The fraction of sp³-hybridized carbons (Fsp3) is 0.176. The summed E-state index contributed by atoms with van der Waals surface area (Å²) in [5, 5.41) is 35.1. The molecule has 48 heavy (non-hydrogen) atoms. The number of non-ortho nitro benzene ring substituents is 1. The number of nitro groups is 1. The fourth-order valence-electron chi connectivity index (χ4n) is 5.25. The van der Waals surface area contributed by atoms with Crippen molar-refractivity contribution in [2.24, 2.45) is 0 Å². The summed E-state index contributed by atoms with van der Waals surface area (Å²) in [4.78, 5) is 69.5. The second kappa shape index (κ2) is 14.6. The van der Waals surface area contributed by atoms with Crippen LogP contribution in [0.2, 0.25) is 0 Å². The van der Waals surface area contributed by atoms with Gasteiger partial charge in [-0.3, -0.25) is 34.3 Å². The molecular formula is C34H29N7O7. The molecule has 1 aliphatic heterocycles. The number of benzene rings is 3. The van der Waals surface area contributed by atoms with Crippen molar-refractivity contribution in [3.8, 4) is 6.07 Å². The van der Waals surface area contributed by atoms with E-state index < -0.39 is 28.7 Å². The Hall–Kier alpha value is -6.62. The van der Waals surface area contributed by atoms with Crippen molar-refractivity contribution in [1.29, 1.82) is 5.26 Å². The van der Waals surface area contributed by atoms with Crippen LogP contribution < -0.4 is 15.5 Å². The lowest BCUT2D eigenvalue weighted by molar-refractivity contribution is -0.384. The summed E-state index contributed by atoms with van der Waals surface area (Å²) in [6, 6.07) is 20.6. The van der Waals surface area contributed by atoms with Gasteiger partial charge in [-0.15, -0.1) is 0 Å². The van der Waals surface area contributed by atoms with Crippen molar-refractivity contribution >= 4 is 40.8 Å². The first-order valence-corrected chi connectivity index (χ1v) is 14.8. The van der Waals surface area contributed by atoms with Crippen LogP contribution in [0.4, 0.5) is 17.1 Å². The maximum atomic E-state index is 13.4. The number of hydrogen-bond donors (Lipinski definition) is 3. The van der Waals surface area contributed by atoms with Crippen molar-refractivity contribution in [3.63, 3.8) is 0 Å². The van der Waals surface area contributed by atoms with Crippen LogP contribution in [0.25, 0.3) is 0 Å². The van der Waals surface area contributed by atoms with E-state index in [-0.39, 0.29) is 34.8 Å². The number of aliphatic carboxylic acids is 1. The number of pyridine rings is 1. The van der Waals surface area contributed by atoms with Crippen LogP contribution in [-0.2, 0) is 4.79 Å². The lowest BCUT2D eigenvalue weighted by Crippen LogP contribution is -2.49. The van der Waals surface area contributed by atoms with Gasteiger partial charge >= 0.3 is 5.97 Å². The van der Waals surface area contributed by atoms with Gasteiger partial charge in [0.1, 0.15) is 0 Å². The number of aromatic nitrogens is 1. The standard InChI is InChI=1S/C34H29N7O7/c35-20-22-3-5-24(6-4-22)34(46)40-16-14-39(15-17-40)30-12-9-25(33(45)37-28(19-31(42)43)26-2-1-13-36-21-26)18-29(30)38-32(44)23-7-10-27(11-8-23)41(47)48/h1-13,18,21,28H,14-17,19H2,(H,37,45)(H,38,44)(H,42,43). The van der Waals surface area contributed by atoms with Gasteiger partial charge in [-0.05, 0) is 66.2 Å². The molecule has 1 atom stereocenters. The van der Waals surface area contributed by atoms with Gasteiger partial charge in [0.05, 0.1) is 40.4 Å². The van der Waals surface area contributed by atoms with Gasteiger partial charge in [0.25, 0.3) is 23.4 Å². The van der Waals surface area contributed by atoms with Gasteiger partial charge in [0.2, 0.25) is 0 Å². The Labute approximate surface area is 274 Å². The van der Waals surface area contributed by atoms with E-state index in [2.05, 4.69) is 15.6 Å². The highest BCUT2D eigenvalue weighted by Gasteiger charge is 2.26. The lowest BCUT2D eigenvalue weighted by atomic mass is 10.0. The number of amides is 3. The van der Waals surface area contributed by atoms with Gasteiger partial charge < -0.3 is 25.5 Å². The van der Waals surface area contributed by atoms with E-state index in [9.17, 15) is 34.4 Å². The maximum Gasteiger partial charge on any atom is 0.305 e. The molecule has 1 unspecified atom stereocenters. The van der Waals surface area contributed by atoms with Crippen LogP contribution in [0.3, 0.4) is 0 Å². The highest BCUT2D eigenvalue weighted by atomic mass is 16.6. The zero-order chi connectivity index (χ0) is 34.2. The second-order valence-corrected chi connectivity index (χ2v) is 10.9. The van der Waals surface area contributed by atoms with Gasteiger partial charge in [0, 0.05) is 67.4 Å². The molecular weight excluding hydrogens is 618 g/mol. The number of nitrogens with one attached hydrogen (secondary N) is 2. The van der Waals surface area contributed by atoms with Crippen molar-refractivity contribution < 1.29 is 29.2 Å². The monoisotopic (exact) mass is 647 g/mol. The summed E-state index contributed by atoms with van der Waals surface area (Å²) in [5.74, 6) is -2.45. The number of hydrogen-bond acceptors (Lipinski definition) is 9. The molecule has 0 saturated carbocycles. The lowest BCUT2D eigenvalue weighted by Gasteiger charge is -2.37. The fourth-order valence-corrected chi connectivity index (χ4v) is 5.25. The largest absolute Gasteiger partial charge is 0.481 e. The summed E-state index contributed by atoms with van der Waals surface area (Å²) >= 11 is 0. The molecule has 3 aromatic carbocycles. The van der Waals surface area contributed by atoms with Crippen LogP contribution in [0.15, 0.2) is 91.3 Å². The summed E-state index contributed by atoms with van der Waals surface area (Å²) in [6.07, 6.45) is 2.62. The molecule has 4 aromatic rings. The van der Waals surface area contributed by atoms with E-state index in [0.717, 1.165) is 0 Å². The first-order valence-electron chi connectivity index (χ1n) is 14.8. The van der Waals surface area contributed by atoms with Gasteiger partial charge in [0.15, 0.2) is 0 Å². The minimum absolute atomic E-state index is 0.145. The number of anilines is 2. The van der Waals surface area contributed by atoms with E-state index in [4.69, 9.17) is 5.26 Å². The van der Waals surface area contributed by atoms with E-state index in [1.54, 1.807) is 53.4 Å². The molecule has 0 radical (unpaired) electrons. The Morgan fingerprint density at radius 1 is 0.917 bits per heavy atom. The molecule has 14 nitrogen and oxygen atoms in total. The predicted octanol–water partition coefficient (Wildman–Crippen LogP) is 4.02. The zero-order valence-electron chi connectivity index (χ0n) is 25.4. The molecule has 1 saturated heterocycles. The topological polar surface area (TPSA) is 199 Å². The normalized spacial score (nSPS) is 13.1. The number of carboxylic acids is 1. The molecule has 0 aliphatic carbocycles. The number of nitriles is 1. The van der Waals surface area contributed by atoms with Gasteiger partial charge in [-0.1, -0.05) is 6.07 Å². The van der Waals surface area contributed by atoms with E-state index in [1.807, 2.05) is 11.0 Å². The summed E-state index contributed by atoms with van der Waals surface area (Å²) in [7, 11) is 0. The SMILES string of the molecule is N#Cc1ccc(C(=O)N2CCN(c3ccc(C(=O)NC(CC(=O)O)c4cccnc4)cc3NC(=O)c3ccc([N+](=O)[O-])cc3)CC2)cc1. The molecule has 14 heteroatoms. The zero-order valence-corrected chi connectivity index (χ0v) is 25.4. The summed E-state index contributed by atoms with van der Waals surface area (Å²) in [5.41, 5.74) is 2.38. The van der Waals surface area contributed by atoms with Crippen LogP contribution in [0, 0.1) is 21.4 Å². The predicted molar refractivity (Wildman–Crippen MR) is 173 cm³/mol. The Morgan fingerprint density at radius 2 is 1.58 bits per heavy atom. The number of nitro benzene ring substituents is 1. The number of carbonyl (C=O) groups is 4. The van der Waals surface area contributed by atoms with Crippen LogP contribution >= 0.6 is 0 Å². The third kappa shape index (κ3) is 7.77. The van der Waals surface area contributed by atoms with Crippen LogP contribution in [-0.4, -0.2) is 69.8 Å². The average molecular weight is 648 g/mol. The molecule has 0 bridgehead atoms. The smallest absolute Gasteiger partial charge is 0.305 e. The Kier molecular flexibility index (Phi) is 10.00. The first-order chi connectivity index (χ1) is 23.1. The van der Waals surface area contributed by atoms with Crippen molar-refractivity contribution in [1.82, 2.24) is 15.2 Å². The number of nitrogens with zero attached hydrogens (tertiary/aromatic N) is 5. The van der Waals surface area contributed by atoms with Crippen LogP contribution in [0.5, 0.6) is 0 Å². The summed E-state index contributed by atoms with van der Waals surface area (Å²) < 4.78 is 0. The molecule has 242 valence electrons. The van der Waals surface area contributed by atoms with E-state index in [0.29, 0.717) is 48.6 Å². The van der Waals surface area contributed by atoms with E-state index >= 15 is 0 Å². The number of rotatable bonds is 10. The first kappa shape index (κ1) is 32.8. The number of carbonyl (C=O) groups excluding carboxylic acids is 3. The molecule has 5 rings (SSSR count). The quantitative estimate of drug-likeness (QED) is 0.167. The van der Waals surface area contributed by atoms with Crippen molar-refractivity contribution in [3.05, 3.63) is 129 Å². The van der Waals surface area contributed by atoms with Gasteiger partial charge in [-0.2, -0.15) is 5.26 Å². The number of carboxylic acid groups (broad SMARTS) is 1. The molecule has 0 spiro atoms. The average Bonchev–Trinajstić information content (AvgIpc) is 3.11. The molecule has 3 amide bonds. The van der Waals surface area contributed by atoms with Gasteiger partial charge in [-0.25, -0.2) is 0 Å². The second-order valence-electron chi connectivity index (χ2n) is 10.9. The Balaban J connectivity index is 1.39. The minimum Gasteiger partial charge on any atom is -0.481 e. The minimum atomic E-state index is -1.12. The molecule has 1 aromatic heterocycles. The molecule has 1 fully saturated rings. The highest BCUT2D eigenvalue weighted by molar-refractivity contribution is 6.07. The Morgan fingerprint density at radius 3 is 2.19 bits per heavy atom. The third-order valence-corrected chi connectivity index (χ3v) is 7.79. The number of piperazine rings is 1. The van der Waals surface area contributed by atoms with E-state index in [1.165, 1.54) is 42.7 Å². The Bertz CT molecular complexity index is 1880. The molecule has 2 heterocycles. The maximum absolute atomic E-state index is 13.4. The highest BCUT2D eigenvalue weighted by Crippen LogP contribution is 2.30. The molecule has 3 N–H and O–H groups in total. The summed E-state index contributed by atoms with van der Waals surface area (Å²) in [6.45, 7) is 1.52. The van der Waals surface area contributed by atoms with Crippen molar-refractivity contribution in [2.75, 3.05) is 36.4 Å². The van der Waals surface area contributed by atoms with Crippen LogP contribution in [0.1, 0.15) is 54.7 Å².